The van der Waals surface area contributed by atoms with E-state index in [2.05, 4.69) is 20.3 Å². The molecule has 1 atom stereocenters. The molecule has 3 aromatic heterocycles. The molecule has 0 saturated carbocycles. The van der Waals surface area contributed by atoms with Gasteiger partial charge in [-0.1, -0.05) is 12.1 Å². The van der Waals surface area contributed by atoms with Gasteiger partial charge in [0.15, 0.2) is 5.65 Å². The largest absolute Gasteiger partial charge is 0.399 e. The molecule has 9 nitrogen and oxygen atoms in total. The molecule has 0 radical (unpaired) electrons. The average Bonchev–Trinajstić information content (AvgIpc) is 3.25. The predicted molar refractivity (Wildman–Crippen MR) is 134 cm³/mol. The number of nitrogens with zero attached hydrogens (tertiary/aromatic N) is 5. The molecule has 3 N–H and O–H groups in total. The maximum Gasteiger partial charge on any atom is 0.258 e. The van der Waals surface area contributed by atoms with Crippen molar-refractivity contribution in [2.45, 2.75) is 32.2 Å². The number of likely N-dealkylation sites (tertiary alicyclic amines) is 1. The van der Waals surface area contributed by atoms with E-state index in [1.807, 2.05) is 28.5 Å². The first kappa shape index (κ1) is 22.5. The Hall–Kier alpha value is -4.27. The van der Waals surface area contributed by atoms with E-state index < -0.39 is 0 Å². The van der Waals surface area contributed by atoms with E-state index in [9.17, 15) is 9.59 Å². The van der Waals surface area contributed by atoms with Gasteiger partial charge in [0.1, 0.15) is 5.52 Å². The van der Waals surface area contributed by atoms with Gasteiger partial charge in [0, 0.05) is 42.9 Å². The van der Waals surface area contributed by atoms with Crippen LogP contribution < -0.4 is 11.1 Å². The molecule has 0 bridgehead atoms. The van der Waals surface area contributed by atoms with Crippen LogP contribution in [-0.4, -0.2) is 49.3 Å². The monoisotopic (exact) mass is 469 g/mol. The van der Waals surface area contributed by atoms with Gasteiger partial charge in [-0.25, -0.2) is 9.97 Å². The molecule has 9 heteroatoms. The fourth-order valence-electron chi connectivity index (χ4n) is 4.46. The van der Waals surface area contributed by atoms with Crippen LogP contribution in [0.4, 0.5) is 11.6 Å². The Bertz CT molecular complexity index is 1380. The molecular weight excluding hydrogens is 442 g/mol. The third kappa shape index (κ3) is 4.57. The summed E-state index contributed by atoms with van der Waals surface area (Å²) in [5, 5.41) is 2.91. The highest BCUT2D eigenvalue weighted by Crippen LogP contribution is 2.28. The fraction of sp³-hybridized carbons (Fsp3) is 0.269. The highest BCUT2D eigenvalue weighted by atomic mass is 16.2. The molecule has 178 valence electrons. The topological polar surface area (TPSA) is 119 Å². The normalized spacial score (nSPS) is 14.6. The van der Waals surface area contributed by atoms with Crippen LogP contribution in [0.5, 0.6) is 0 Å². The molecule has 0 aliphatic carbocycles. The zero-order valence-electron chi connectivity index (χ0n) is 19.5. The van der Waals surface area contributed by atoms with Gasteiger partial charge in [-0.2, -0.15) is 0 Å². The van der Waals surface area contributed by atoms with Crippen LogP contribution in [0, 0.1) is 0 Å². The number of aromatic nitrogens is 4. The molecule has 1 aliphatic heterocycles. The van der Waals surface area contributed by atoms with Crippen molar-refractivity contribution in [3.63, 3.8) is 0 Å². The summed E-state index contributed by atoms with van der Waals surface area (Å²) in [6.07, 6.45) is 8.25. The second-order valence-electron chi connectivity index (χ2n) is 8.77. The van der Waals surface area contributed by atoms with E-state index in [0.717, 1.165) is 37.9 Å². The Morgan fingerprint density at radius 1 is 1.03 bits per heavy atom. The summed E-state index contributed by atoms with van der Waals surface area (Å²) in [4.78, 5) is 41.5. The van der Waals surface area contributed by atoms with Gasteiger partial charge in [0.25, 0.3) is 11.8 Å². The molecule has 35 heavy (non-hydrogen) atoms. The first-order valence-corrected chi connectivity index (χ1v) is 11.8. The number of pyridine rings is 2. The molecule has 1 saturated heterocycles. The van der Waals surface area contributed by atoms with Crippen LogP contribution in [-0.2, 0) is 0 Å². The minimum atomic E-state index is -0.336. The predicted octanol–water partition coefficient (Wildman–Crippen LogP) is 3.90. The van der Waals surface area contributed by atoms with Crippen LogP contribution in [0.25, 0.3) is 11.2 Å². The first-order valence-electron chi connectivity index (χ1n) is 11.8. The minimum absolute atomic E-state index is 0.0423. The molecule has 2 amide bonds. The van der Waals surface area contributed by atoms with E-state index in [0.29, 0.717) is 33.9 Å². The Morgan fingerprint density at radius 2 is 1.86 bits per heavy atom. The average molecular weight is 470 g/mol. The van der Waals surface area contributed by atoms with Gasteiger partial charge in [-0.05, 0) is 62.1 Å². The summed E-state index contributed by atoms with van der Waals surface area (Å²) in [6, 6.07) is 12.1. The molecular formula is C26H27N7O2. The third-order valence-corrected chi connectivity index (χ3v) is 6.35. The quantitative estimate of drug-likeness (QED) is 0.428. The number of nitrogens with one attached hydrogen (secondary N) is 1. The first-order chi connectivity index (χ1) is 17.0. The van der Waals surface area contributed by atoms with Gasteiger partial charge in [-0.3, -0.25) is 24.5 Å². The number of amides is 2. The van der Waals surface area contributed by atoms with Crippen molar-refractivity contribution in [3.05, 3.63) is 77.7 Å². The standard InChI is InChI=1S/C26H27N7O2/c1-17(19-8-6-10-28-15-19)33-23-22(14-20(16-29-23)25(35)32-11-3-2-4-12-32)30-26(33)31-24(34)18-7-5-9-21(27)13-18/h5-10,13-17H,2-4,11-12,27H2,1H3,(H,30,31,34). The maximum absolute atomic E-state index is 13.0. The molecule has 1 aliphatic rings. The highest BCUT2D eigenvalue weighted by Gasteiger charge is 2.24. The maximum atomic E-state index is 13.0. The van der Waals surface area contributed by atoms with Gasteiger partial charge in [-0.15, -0.1) is 0 Å². The zero-order valence-corrected chi connectivity index (χ0v) is 19.5. The molecule has 0 spiro atoms. The number of hydrogen-bond acceptors (Lipinski definition) is 6. The SMILES string of the molecule is CC(c1cccnc1)n1c(NC(=O)c2cccc(N)c2)nc2cc(C(=O)N3CCCCC3)cnc21. The van der Waals surface area contributed by atoms with E-state index >= 15 is 0 Å². The Morgan fingerprint density at radius 3 is 2.60 bits per heavy atom. The number of piperidine rings is 1. The number of carbonyl (C=O) groups excluding carboxylic acids is 2. The lowest BCUT2D eigenvalue weighted by Gasteiger charge is -2.26. The van der Waals surface area contributed by atoms with Gasteiger partial charge in [0.05, 0.1) is 11.6 Å². The number of nitrogen functional groups attached to an aromatic ring is 1. The molecule has 1 aromatic carbocycles. The van der Waals surface area contributed by atoms with Crippen molar-refractivity contribution < 1.29 is 9.59 Å². The Balaban J connectivity index is 1.55. The third-order valence-electron chi connectivity index (χ3n) is 6.35. The number of rotatable bonds is 5. The number of carbonyl (C=O) groups is 2. The number of benzene rings is 1. The lowest BCUT2D eigenvalue weighted by atomic mass is 10.1. The highest BCUT2D eigenvalue weighted by molar-refractivity contribution is 6.04. The summed E-state index contributed by atoms with van der Waals surface area (Å²) in [5.74, 6) is -0.0463. The summed E-state index contributed by atoms with van der Waals surface area (Å²) >= 11 is 0. The van der Waals surface area contributed by atoms with E-state index in [4.69, 9.17) is 5.73 Å². The van der Waals surface area contributed by atoms with Gasteiger partial charge in [0.2, 0.25) is 5.95 Å². The Labute approximate surface area is 203 Å². The van der Waals surface area contributed by atoms with Crippen LogP contribution in [0.2, 0.25) is 0 Å². The molecule has 1 unspecified atom stereocenters. The van der Waals surface area contributed by atoms with Crippen LogP contribution in [0.3, 0.4) is 0 Å². The zero-order chi connectivity index (χ0) is 24.4. The number of anilines is 2. The molecule has 4 aromatic rings. The smallest absolute Gasteiger partial charge is 0.258 e. The van der Waals surface area contributed by atoms with Crippen molar-refractivity contribution in [2.75, 3.05) is 24.1 Å². The van der Waals surface area contributed by atoms with E-state index in [1.54, 1.807) is 48.9 Å². The number of fused-ring (bicyclic) bond motifs is 1. The Kier molecular flexibility index (Phi) is 6.13. The lowest BCUT2D eigenvalue weighted by Crippen LogP contribution is -2.35. The minimum Gasteiger partial charge on any atom is -0.399 e. The summed E-state index contributed by atoms with van der Waals surface area (Å²) in [7, 11) is 0. The van der Waals surface area contributed by atoms with Gasteiger partial charge >= 0.3 is 0 Å². The van der Waals surface area contributed by atoms with Crippen molar-refractivity contribution >= 4 is 34.6 Å². The summed E-state index contributed by atoms with van der Waals surface area (Å²) in [6.45, 7) is 3.50. The second-order valence-corrected chi connectivity index (χ2v) is 8.77. The summed E-state index contributed by atoms with van der Waals surface area (Å²) < 4.78 is 1.85. The fourth-order valence-corrected chi connectivity index (χ4v) is 4.46. The lowest BCUT2D eigenvalue weighted by molar-refractivity contribution is 0.0724. The van der Waals surface area contributed by atoms with Crippen molar-refractivity contribution in [3.8, 4) is 0 Å². The van der Waals surface area contributed by atoms with Crippen molar-refractivity contribution in [1.29, 1.82) is 0 Å². The molecule has 5 rings (SSSR count). The van der Waals surface area contributed by atoms with Crippen LogP contribution >= 0.6 is 0 Å². The number of hydrogen-bond donors (Lipinski definition) is 2. The van der Waals surface area contributed by atoms with Gasteiger partial charge < -0.3 is 10.6 Å². The van der Waals surface area contributed by atoms with Crippen LogP contribution in [0.1, 0.15) is 58.5 Å². The number of imidazole rings is 1. The van der Waals surface area contributed by atoms with Crippen molar-refractivity contribution in [1.82, 2.24) is 24.4 Å². The second kappa shape index (κ2) is 9.54. The molecule has 4 heterocycles. The summed E-state index contributed by atoms with van der Waals surface area (Å²) in [5.41, 5.74) is 9.31. The van der Waals surface area contributed by atoms with Crippen LogP contribution in [0.15, 0.2) is 61.1 Å². The van der Waals surface area contributed by atoms with E-state index in [1.165, 1.54) is 0 Å². The number of nitrogens with two attached hydrogens (primary N) is 1. The molecule has 1 fully saturated rings. The van der Waals surface area contributed by atoms with E-state index in [-0.39, 0.29) is 17.9 Å². The van der Waals surface area contributed by atoms with Crippen molar-refractivity contribution in [2.24, 2.45) is 0 Å².